The van der Waals surface area contributed by atoms with E-state index in [1.54, 1.807) is 29.2 Å². The molecular formula is C24H30N6O3. The minimum atomic E-state index is -0.346. The van der Waals surface area contributed by atoms with E-state index in [-0.39, 0.29) is 17.6 Å². The Bertz CT molecular complexity index is 1180. The second kappa shape index (κ2) is 8.31. The van der Waals surface area contributed by atoms with E-state index in [4.69, 9.17) is 4.74 Å². The van der Waals surface area contributed by atoms with Crippen LogP contribution in [0.25, 0.3) is 5.65 Å². The zero-order valence-electron chi connectivity index (χ0n) is 19.3. The zero-order chi connectivity index (χ0) is 23.2. The van der Waals surface area contributed by atoms with Crippen molar-refractivity contribution in [3.8, 4) is 5.75 Å². The smallest absolute Gasteiger partial charge is 0.261 e. The van der Waals surface area contributed by atoms with Crippen molar-refractivity contribution in [2.45, 2.75) is 38.9 Å². The van der Waals surface area contributed by atoms with Gasteiger partial charge in [-0.25, -0.2) is 9.50 Å². The van der Waals surface area contributed by atoms with E-state index in [2.05, 4.69) is 45.1 Å². The number of anilines is 2. The van der Waals surface area contributed by atoms with Crippen molar-refractivity contribution in [1.29, 1.82) is 0 Å². The summed E-state index contributed by atoms with van der Waals surface area (Å²) < 4.78 is 7.78. The summed E-state index contributed by atoms with van der Waals surface area (Å²) in [6.07, 6.45) is 5.41. The second-order valence-corrected chi connectivity index (χ2v) is 9.55. The minimum Gasteiger partial charge on any atom is -0.487 e. The van der Waals surface area contributed by atoms with Gasteiger partial charge in [0.15, 0.2) is 5.65 Å². The summed E-state index contributed by atoms with van der Waals surface area (Å²) in [5.74, 6) is 0.632. The molecule has 5 rings (SSSR count). The van der Waals surface area contributed by atoms with Crippen LogP contribution in [0.3, 0.4) is 0 Å². The largest absolute Gasteiger partial charge is 0.487 e. The number of aliphatic hydroxyl groups is 1. The molecule has 0 bridgehead atoms. The highest BCUT2D eigenvalue weighted by Gasteiger charge is 2.32. The Kier molecular flexibility index (Phi) is 5.46. The van der Waals surface area contributed by atoms with Gasteiger partial charge in [0.2, 0.25) is 0 Å². The van der Waals surface area contributed by atoms with Crippen LogP contribution in [0, 0.1) is 0 Å². The molecular weight excluding hydrogens is 420 g/mol. The van der Waals surface area contributed by atoms with Gasteiger partial charge in [0, 0.05) is 63.2 Å². The van der Waals surface area contributed by atoms with Crippen molar-refractivity contribution < 1.29 is 14.6 Å². The molecule has 0 aliphatic carbocycles. The first kappa shape index (κ1) is 21.7. The number of carbonyl (C=O) groups is 1. The van der Waals surface area contributed by atoms with Gasteiger partial charge in [0.25, 0.3) is 5.91 Å². The van der Waals surface area contributed by atoms with Crippen molar-refractivity contribution in [2.75, 3.05) is 42.9 Å². The molecule has 0 radical (unpaired) electrons. The van der Waals surface area contributed by atoms with Crippen molar-refractivity contribution in [3.63, 3.8) is 0 Å². The summed E-state index contributed by atoms with van der Waals surface area (Å²) in [7, 11) is 0. The maximum Gasteiger partial charge on any atom is 0.261 e. The van der Waals surface area contributed by atoms with Gasteiger partial charge < -0.3 is 20.1 Å². The van der Waals surface area contributed by atoms with Crippen LogP contribution in [0.5, 0.6) is 5.75 Å². The van der Waals surface area contributed by atoms with Gasteiger partial charge in [-0.05, 0) is 32.9 Å². The molecule has 2 aliphatic heterocycles. The molecule has 174 valence electrons. The molecule has 9 nitrogen and oxygen atoms in total. The summed E-state index contributed by atoms with van der Waals surface area (Å²) in [5.41, 5.74) is 3.48. The van der Waals surface area contributed by atoms with Crippen molar-refractivity contribution in [2.24, 2.45) is 0 Å². The number of carbonyl (C=O) groups excluding carboxylic acids is 1. The number of hydrogen-bond acceptors (Lipinski definition) is 7. The SMILES string of the molecule is C[C@@H](O)CN1CCN(c2cc3c(cc2NC(=O)c2cnn4cccnc24)CC(C)(C)O3)CC1. The summed E-state index contributed by atoms with van der Waals surface area (Å²) >= 11 is 0. The van der Waals surface area contributed by atoms with Crippen LogP contribution in [-0.4, -0.2) is 74.9 Å². The van der Waals surface area contributed by atoms with Gasteiger partial charge in [0.05, 0.1) is 23.7 Å². The highest BCUT2D eigenvalue weighted by molar-refractivity contribution is 6.09. The minimum absolute atomic E-state index is 0.240. The Hall–Kier alpha value is -3.17. The summed E-state index contributed by atoms with van der Waals surface area (Å²) in [6.45, 7) is 9.93. The van der Waals surface area contributed by atoms with E-state index >= 15 is 0 Å². The number of aromatic nitrogens is 3. The molecule has 3 aromatic rings. The van der Waals surface area contributed by atoms with Crippen LogP contribution in [0.2, 0.25) is 0 Å². The predicted octanol–water partition coefficient (Wildman–Crippen LogP) is 2.20. The van der Waals surface area contributed by atoms with Crippen molar-refractivity contribution in [3.05, 3.63) is 47.9 Å². The fraction of sp³-hybridized carbons (Fsp3) is 0.458. The van der Waals surface area contributed by atoms with Crippen LogP contribution in [0.1, 0.15) is 36.7 Å². The second-order valence-electron chi connectivity index (χ2n) is 9.55. The number of hydrogen-bond donors (Lipinski definition) is 2. The molecule has 1 amide bonds. The van der Waals surface area contributed by atoms with E-state index in [9.17, 15) is 9.90 Å². The highest BCUT2D eigenvalue weighted by atomic mass is 16.5. The number of aliphatic hydroxyl groups excluding tert-OH is 1. The molecule has 0 spiro atoms. The Morgan fingerprint density at radius 3 is 2.82 bits per heavy atom. The molecule has 9 heteroatoms. The molecule has 33 heavy (non-hydrogen) atoms. The lowest BCUT2D eigenvalue weighted by Crippen LogP contribution is -2.48. The van der Waals surface area contributed by atoms with E-state index in [0.29, 0.717) is 17.8 Å². The number of benzene rings is 1. The Morgan fingerprint density at radius 1 is 1.27 bits per heavy atom. The first-order valence-corrected chi connectivity index (χ1v) is 11.4. The van der Waals surface area contributed by atoms with Crippen LogP contribution in [0.15, 0.2) is 36.8 Å². The average Bonchev–Trinajstić information content (AvgIpc) is 3.32. The number of fused-ring (bicyclic) bond motifs is 2. The predicted molar refractivity (Wildman–Crippen MR) is 126 cm³/mol. The fourth-order valence-corrected chi connectivity index (χ4v) is 4.72. The average molecular weight is 451 g/mol. The number of ether oxygens (including phenoxy) is 1. The lowest BCUT2D eigenvalue weighted by Gasteiger charge is -2.37. The fourth-order valence-electron chi connectivity index (χ4n) is 4.72. The molecule has 4 heterocycles. The molecule has 1 atom stereocenters. The number of nitrogens with zero attached hydrogens (tertiary/aromatic N) is 5. The monoisotopic (exact) mass is 450 g/mol. The third-order valence-corrected chi connectivity index (χ3v) is 6.19. The highest BCUT2D eigenvalue weighted by Crippen LogP contribution is 2.42. The number of piperazine rings is 1. The zero-order valence-corrected chi connectivity index (χ0v) is 19.3. The molecule has 2 N–H and O–H groups in total. The topological polar surface area (TPSA) is 95.2 Å². The lowest BCUT2D eigenvalue weighted by atomic mass is 10.0. The maximum absolute atomic E-state index is 13.2. The van der Waals surface area contributed by atoms with E-state index in [1.165, 1.54) is 0 Å². The molecule has 1 saturated heterocycles. The number of amides is 1. The quantitative estimate of drug-likeness (QED) is 0.615. The summed E-state index contributed by atoms with van der Waals surface area (Å²) in [6, 6.07) is 5.87. The summed E-state index contributed by atoms with van der Waals surface area (Å²) in [4.78, 5) is 22.1. The Morgan fingerprint density at radius 2 is 2.06 bits per heavy atom. The summed E-state index contributed by atoms with van der Waals surface area (Å²) in [5, 5.41) is 17.1. The number of rotatable bonds is 5. The van der Waals surface area contributed by atoms with Crippen LogP contribution < -0.4 is 15.0 Å². The molecule has 1 aromatic carbocycles. The van der Waals surface area contributed by atoms with E-state index in [0.717, 1.165) is 55.3 Å². The molecule has 2 aromatic heterocycles. The molecule has 0 saturated carbocycles. The van der Waals surface area contributed by atoms with Gasteiger partial charge in [-0.15, -0.1) is 0 Å². The van der Waals surface area contributed by atoms with Gasteiger partial charge in [-0.3, -0.25) is 9.69 Å². The third kappa shape index (κ3) is 4.38. The standard InChI is InChI=1S/C24H30N6O3/c1-16(31)15-28-7-9-29(10-8-28)20-12-21-17(13-24(2,3)33-21)11-19(20)27-23(32)18-14-26-30-6-4-5-25-22(18)30/h4-6,11-12,14,16,31H,7-10,13,15H2,1-3H3,(H,27,32)/t16-/m1/s1. The Labute approximate surface area is 193 Å². The van der Waals surface area contributed by atoms with Gasteiger partial charge in [0.1, 0.15) is 16.9 Å². The van der Waals surface area contributed by atoms with Gasteiger partial charge in [-0.2, -0.15) is 5.10 Å². The molecule has 2 aliphatic rings. The van der Waals surface area contributed by atoms with E-state index in [1.807, 2.05) is 13.0 Å². The van der Waals surface area contributed by atoms with Crippen molar-refractivity contribution >= 4 is 22.9 Å². The maximum atomic E-state index is 13.2. The van der Waals surface area contributed by atoms with Crippen LogP contribution in [0.4, 0.5) is 11.4 Å². The Balaban J connectivity index is 1.44. The molecule has 0 unspecified atom stereocenters. The normalized spacial score (nSPS) is 18.7. The van der Waals surface area contributed by atoms with Crippen LogP contribution >= 0.6 is 0 Å². The van der Waals surface area contributed by atoms with Crippen molar-refractivity contribution in [1.82, 2.24) is 19.5 Å². The first-order chi connectivity index (χ1) is 15.8. The van der Waals surface area contributed by atoms with E-state index < -0.39 is 0 Å². The number of β-amino-alcohol motifs (C(OH)–C–C–N with tert-alkyl or cyclic N) is 1. The van der Waals surface area contributed by atoms with Gasteiger partial charge >= 0.3 is 0 Å². The van der Waals surface area contributed by atoms with Crippen LogP contribution in [-0.2, 0) is 6.42 Å². The third-order valence-electron chi connectivity index (χ3n) is 6.19. The van der Waals surface area contributed by atoms with Gasteiger partial charge in [-0.1, -0.05) is 0 Å². The lowest BCUT2D eigenvalue weighted by molar-refractivity contribution is 0.102. The first-order valence-electron chi connectivity index (χ1n) is 11.4. The number of nitrogens with one attached hydrogen (secondary N) is 1. The molecule has 1 fully saturated rings.